The lowest BCUT2D eigenvalue weighted by molar-refractivity contribution is -0.141. The maximum Gasteiger partial charge on any atom is 0.435 e. The fourth-order valence-electron chi connectivity index (χ4n) is 2.67. The molecule has 0 spiro atoms. The molecule has 0 saturated heterocycles. The molecule has 6 nitrogen and oxygen atoms in total. The minimum Gasteiger partial charge on any atom is -0.383 e. The van der Waals surface area contributed by atoms with E-state index >= 15 is 0 Å². The molecule has 3 aromatic rings. The lowest BCUT2D eigenvalue weighted by atomic mass is 10.1. The Morgan fingerprint density at radius 3 is 2.46 bits per heavy atom. The fourth-order valence-corrected chi connectivity index (χ4v) is 2.67. The second-order valence-electron chi connectivity index (χ2n) is 6.14. The van der Waals surface area contributed by atoms with Crippen LogP contribution in [0.2, 0.25) is 0 Å². The van der Waals surface area contributed by atoms with Crippen LogP contribution in [-0.4, -0.2) is 20.7 Å². The molecule has 0 unspecified atom stereocenters. The van der Waals surface area contributed by atoms with E-state index in [0.29, 0.717) is 5.56 Å². The number of nitrogens with zero attached hydrogens (tertiary/aromatic N) is 3. The molecule has 0 radical (unpaired) electrons. The number of aryl methyl sites for hydroxylation is 2. The molecule has 0 saturated carbocycles. The number of halogens is 4. The normalized spacial score (nSPS) is 11.5. The van der Waals surface area contributed by atoms with E-state index in [0.717, 1.165) is 16.8 Å². The monoisotopic (exact) mass is 393 g/mol. The highest BCUT2D eigenvalue weighted by molar-refractivity contribution is 6.04. The summed E-state index contributed by atoms with van der Waals surface area (Å²) < 4.78 is 53.0. The van der Waals surface area contributed by atoms with Crippen LogP contribution < -0.4 is 11.1 Å². The molecule has 2 heterocycles. The number of aromatic nitrogens is 3. The van der Waals surface area contributed by atoms with E-state index in [1.807, 2.05) is 0 Å². The average Bonchev–Trinajstić information content (AvgIpc) is 2.96. The Morgan fingerprint density at radius 1 is 1.18 bits per heavy atom. The zero-order chi connectivity index (χ0) is 20.6. The summed E-state index contributed by atoms with van der Waals surface area (Å²) in [6.07, 6.45) is -4.59. The third kappa shape index (κ3) is 3.95. The van der Waals surface area contributed by atoms with Gasteiger partial charge in [0, 0.05) is 18.2 Å². The third-order valence-corrected chi connectivity index (χ3v) is 3.92. The first-order valence-electron chi connectivity index (χ1n) is 8.01. The van der Waals surface area contributed by atoms with E-state index in [1.165, 1.54) is 31.3 Å². The first-order chi connectivity index (χ1) is 13.0. The van der Waals surface area contributed by atoms with E-state index in [-0.39, 0.29) is 28.5 Å². The van der Waals surface area contributed by atoms with Gasteiger partial charge in [-0.15, -0.1) is 0 Å². The van der Waals surface area contributed by atoms with Crippen LogP contribution in [0, 0.1) is 12.7 Å². The molecule has 3 rings (SSSR count). The smallest absolute Gasteiger partial charge is 0.383 e. The molecule has 1 aromatic carbocycles. The number of carbonyl (C=O) groups is 1. The van der Waals surface area contributed by atoms with E-state index in [1.54, 1.807) is 6.92 Å². The standard InChI is InChI=1S/C18H15F4N5O/c1-9-5-10(7-11(19)6-9)17(28)25-15-4-3-12(16(23)24-15)13-8-14(18(20,21)22)26-27(13)2/h3-8H,1-2H3,(H3,23,24,25,28). The Balaban J connectivity index is 1.87. The van der Waals surface area contributed by atoms with Crippen LogP contribution in [-0.2, 0) is 13.2 Å². The molecule has 0 aliphatic heterocycles. The fraction of sp³-hybridized carbons (Fsp3) is 0.167. The Morgan fingerprint density at radius 2 is 1.89 bits per heavy atom. The molecule has 0 aliphatic carbocycles. The summed E-state index contributed by atoms with van der Waals surface area (Å²) in [7, 11) is 1.35. The Hall–Kier alpha value is -3.43. The number of rotatable bonds is 3. The van der Waals surface area contributed by atoms with Gasteiger partial charge in [0.15, 0.2) is 5.69 Å². The third-order valence-electron chi connectivity index (χ3n) is 3.92. The van der Waals surface area contributed by atoms with Gasteiger partial charge in [-0.25, -0.2) is 9.37 Å². The largest absolute Gasteiger partial charge is 0.435 e. The van der Waals surface area contributed by atoms with Gasteiger partial charge in [0.2, 0.25) is 0 Å². The van der Waals surface area contributed by atoms with Gasteiger partial charge in [-0.3, -0.25) is 9.48 Å². The van der Waals surface area contributed by atoms with E-state index < -0.39 is 23.6 Å². The first-order valence-corrected chi connectivity index (χ1v) is 8.01. The summed E-state index contributed by atoms with van der Waals surface area (Å²) in [5.74, 6) is -1.16. The number of nitrogen functional groups attached to an aromatic ring is 1. The van der Waals surface area contributed by atoms with Crippen molar-refractivity contribution in [2.75, 3.05) is 11.1 Å². The highest BCUT2D eigenvalue weighted by atomic mass is 19.4. The van der Waals surface area contributed by atoms with Gasteiger partial charge in [-0.2, -0.15) is 18.3 Å². The van der Waals surface area contributed by atoms with Crippen molar-refractivity contribution in [3.8, 4) is 11.3 Å². The number of nitrogens with one attached hydrogen (secondary N) is 1. The number of benzene rings is 1. The van der Waals surface area contributed by atoms with Gasteiger partial charge in [-0.05, 0) is 48.9 Å². The summed E-state index contributed by atoms with van der Waals surface area (Å²) in [5.41, 5.74) is 5.83. The maximum absolute atomic E-state index is 13.5. The molecule has 28 heavy (non-hydrogen) atoms. The van der Waals surface area contributed by atoms with E-state index in [9.17, 15) is 22.4 Å². The van der Waals surface area contributed by atoms with E-state index in [2.05, 4.69) is 15.4 Å². The molecule has 10 heteroatoms. The van der Waals surface area contributed by atoms with Crippen LogP contribution in [0.5, 0.6) is 0 Å². The molecule has 0 atom stereocenters. The summed E-state index contributed by atoms with van der Waals surface area (Å²) in [5, 5.41) is 5.91. The number of alkyl halides is 3. The first kappa shape index (κ1) is 19.3. The minimum absolute atomic E-state index is 0.0753. The number of hydrogen-bond acceptors (Lipinski definition) is 4. The lowest BCUT2D eigenvalue weighted by Crippen LogP contribution is -2.14. The van der Waals surface area contributed by atoms with Crippen molar-refractivity contribution in [2.24, 2.45) is 7.05 Å². The second-order valence-corrected chi connectivity index (χ2v) is 6.14. The van der Waals surface area contributed by atoms with Gasteiger partial charge in [-0.1, -0.05) is 0 Å². The quantitative estimate of drug-likeness (QED) is 0.663. The highest BCUT2D eigenvalue weighted by Crippen LogP contribution is 2.33. The maximum atomic E-state index is 13.5. The minimum atomic E-state index is -4.59. The molecule has 0 aliphatic rings. The van der Waals surface area contributed by atoms with Crippen LogP contribution in [0.1, 0.15) is 21.6 Å². The van der Waals surface area contributed by atoms with Gasteiger partial charge >= 0.3 is 6.18 Å². The molecular formula is C18H15F4N5O. The number of anilines is 2. The van der Waals surface area contributed by atoms with Crippen molar-refractivity contribution in [1.29, 1.82) is 0 Å². The molecule has 2 aromatic heterocycles. The van der Waals surface area contributed by atoms with Crippen molar-refractivity contribution < 1.29 is 22.4 Å². The Bertz CT molecular complexity index is 1040. The molecule has 3 N–H and O–H groups in total. The van der Waals surface area contributed by atoms with Crippen molar-refractivity contribution in [3.05, 3.63) is 59.0 Å². The van der Waals surface area contributed by atoms with Gasteiger partial charge in [0.25, 0.3) is 5.91 Å². The molecule has 0 fully saturated rings. The second kappa shape index (κ2) is 6.95. The highest BCUT2D eigenvalue weighted by Gasteiger charge is 2.35. The summed E-state index contributed by atoms with van der Waals surface area (Å²) >= 11 is 0. The van der Waals surface area contributed by atoms with Gasteiger partial charge in [0.1, 0.15) is 17.5 Å². The predicted octanol–water partition coefficient (Wildman–Crippen LogP) is 3.78. The molecule has 0 bridgehead atoms. The number of hydrogen-bond donors (Lipinski definition) is 2. The zero-order valence-electron chi connectivity index (χ0n) is 14.8. The Kier molecular flexibility index (Phi) is 4.80. The van der Waals surface area contributed by atoms with Crippen LogP contribution in [0.4, 0.5) is 29.2 Å². The number of carbonyl (C=O) groups excluding carboxylic acids is 1. The lowest BCUT2D eigenvalue weighted by Gasteiger charge is -2.09. The summed E-state index contributed by atoms with van der Waals surface area (Å²) in [6, 6.07) is 7.53. The number of pyridine rings is 1. The van der Waals surface area contributed by atoms with E-state index in [4.69, 9.17) is 5.73 Å². The predicted molar refractivity (Wildman–Crippen MR) is 94.9 cm³/mol. The van der Waals surface area contributed by atoms with Crippen LogP contribution in [0.15, 0.2) is 36.4 Å². The van der Waals surface area contributed by atoms with Crippen molar-refractivity contribution in [1.82, 2.24) is 14.8 Å². The average molecular weight is 393 g/mol. The molecule has 1 amide bonds. The van der Waals surface area contributed by atoms with Crippen molar-refractivity contribution in [2.45, 2.75) is 13.1 Å². The summed E-state index contributed by atoms with van der Waals surface area (Å²) in [4.78, 5) is 16.3. The van der Waals surface area contributed by atoms with Crippen LogP contribution in [0.3, 0.4) is 0 Å². The SMILES string of the molecule is Cc1cc(F)cc(C(=O)Nc2ccc(-c3cc(C(F)(F)F)nn3C)c(N)n2)c1. The number of nitrogens with two attached hydrogens (primary N) is 1. The molecular weight excluding hydrogens is 378 g/mol. The van der Waals surface area contributed by atoms with Gasteiger partial charge < -0.3 is 11.1 Å². The Labute approximate surface area is 157 Å². The summed E-state index contributed by atoms with van der Waals surface area (Å²) in [6.45, 7) is 1.65. The van der Waals surface area contributed by atoms with Crippen LogP contribution >= 0.6 is 0 Å². The topological polar surface area (TPSA) is 85.8 Å². The number of amides is 1. The van der Waals surface area contributed by atoms with Crippen molar-refractivity contribution >= 4 is 17.5 Å². The zero-order valence-corrected chi connectivity index (χ0v) is 14.8. The molecule has 146 valence electrons. The van der Waals surface area contributed by atoms with Gasteiger partial charge in [0.05, 0.1) is 5.69 Å². The van der Waals surface area contributed by atoms with Crippen molar-refractivity contribution in [3.63, 3.8) is 0 Å². The van der Waals surface area contributed by atoms with Crippen LogP contribution in [0.25, 0.3) is 11.3 Å².